The molecule has 3 aromatic rings. The molecule has 1 fully saturated rings. The highest BCUT2D eigenvalue weighted by Crippen LogP contribution is 2.64. The summed E-state index contributed by atoms with van der Waals surface area (Å²) in [6.07, 6.45) is 2.65. The molecule has 0 spiro atoms. The van der Waals surface area contributed by atoms with E-state index >= 15 is 0 Å². The molecule has 3 atom stereocenters. The van der Waals surface area contributed by atoms with Gasteiger partial charge in [-0.25, -0.2) is 4.39 Å². The molecule has 1 aromatic heterocycles. The standard InChI is InChI=1S/C27H29BrFNO2/c1-14(2)16-12-17-19(13-20(16)28)26(3)9-6-10-27(4,25(31)32-5)24(26)22-18-11-15(29)7-8-21(18)30-23(17)22/h7-8,11-14,24,30H,6,9-10H2,1-5H3/t24-,26+,27-/m0/s1. The number of hydrogen-bond acceptors (Lipinski definition) is 2. The summed E-state index contributed by atoms with van der Waals surface area (Å²) >= 11 is 3.82. The second-order valence-electron chi connectivity index (χ2n) is 10.3. The van der Waals surface area contributed by atoms with Gasteiger partial charge < -0.3 is 9.72 Å². The Morgan fingerprint density at radius 1 is 1.22 bits per heavy atom. The Kier molecular flexibility index (Phi) is 4.87. The molecule has 2 aliphatic rings. The van der Waals surface area contributed by atoms with Gasteiger partial charge in [-0.1, -0.05) is 43.1 Å². The molecule has 2 aromatic carbocycles. The maximum Gasteiger partial charge on any atom is 0.312 e. The maximum atomic E-state index is 14.4. The molecule has 1 saturated carbocycles. The lowest BCUT2D eigenvalue weighted by atomic mass is 9.49. The molecule has 168 valence electrons. The fourth-order valence-corrected chi connectivity index (χ4v) is 7.41. The molecule has 32 heavy (non-hydrogen) atoms. The number of nitrogens with one attached hydrogen (secondary N) is 1. The molecule has 1 heterocycles. The van der Waals surface area contributed by atoms with Crippen LogP contribution in [0.4, 0.5) is 4.39 Å². The highest BCUT2D eigenvalue weighted by molar-refractivity contribution is 9.10. The van der Waals surface area contributed by atoms with E-state index in [-0.39, 0.29) is 23.1 Å². The molecule has 1 N–H and O–H groups in total. The maximum absolute atomic E-state index is 14.4. The zero-order chi connectivity index (χ0) is 23.0. The Labute approximate surface area is 196 Å². The molecule has 5 rings (SSSR count). The number of H-pyrrole nitrogens is 1. The number of carbonyl (C=O) groups is 1. The van der Waals surface area contributed by atoms with Crippen molar-refractivity contribution in [1.29, 1.82) is 0 Å². The van der Waals surface area contributed by atoms with Crippen molar-refractivity contribution in [2.75, 3.05) is 7.11 Å². The zero-order valence-electron chi connectivity index (χ0n) is 19.2. The number of rotatable bonds is 2. The summed E-state index contributed by atoms with van der Waals surface area (Å²) in [5.74, 6) is -0.212. The summed E-state index contributed by atoms with van der Waals surface area (Å²) in [4.78, 5) is 16.8. The van der Waals surface area contributed by atoms with Crippen molar-refractivity contribution in [2.45, 2.75) is 64.2 Å². The predicted molar refractivity (Wildman–Crippen MR) is 130 cm³/mol. The number of carbonyl (C=O) groups excluding carboxylic acids is 1. The van der Waals surface area contributed by atoms with Gasteiger partial charge in [0, 0.05) is 32.3 Å². The van der Waals surface area contributed by atoms with E-state index in [0.717, 1.165) is 51.5 Å². The van der Waals surface area contributed by atoms with Crippen molar-refractivity contribution in [3.05, 3.63) is 57.3 Å². The van der Waals surface area contributed by atoms with E-state index in [1.54, 1.807) is 12.1 Å². The van der Waals surface area contributed by atoms with E-state index in [0.29, 0.717) is 5.92 Å². The van der Waals surface area contributed by atoms with Crippen LogP contribution in [0.25, 0.3) is 22.2 Å². The highest BCUT2D eigenvalue weighted by Gasteiger charge is 2.58. The van der Waals surface area contributed by atoms with Gasteiger partial charge in [-0.05, 0) is 72.7 Å². The quantitative estimate of drug-likeness (QED) is 0.370. The fraction of sp³-hybridized carbons (Fsp3) is 0.444. The first-order valence-electron chi connectivity index (χ1n) is 11.4. The first kappa shape index (κ1) is 21.7. The Morgan fingerprint density at radius 3 is 2.66 bits per heavy atom. The van der Waals surface area contributed by atoms with E-state index in [1.807, 2.05) is 6.92 Å². The van der Waals surface area contributed by atoms with Gasteiger partial charge in [0.25, 0.3) is 0 Å². The lowest BCUT2D eigenvalue weighted by Crippen LogP contribution is -2.50. The Balaban J connectivity index is 1.92. The second-order valence-corrected chi connectivity index (χ2v) is 11.1. The molecule has 2 aliphatic carbocycles. The van der Waals surface area contributed by atoms with Crippen LogP contribution in [-0.2, 0) is 14.9 Å². The number of methoxy groups -OCH3 is 1. The van der Waals surface area contributed by atoms with Crippen LogP contribution in [0.5, 0.6) is 0 Å². The lowest BCUT2D eigenvalue weighted by Gasteiger charge is -2.54. The van der Waals surface area contributed by atoms with Crippen LogP contribution in [0.3, 0.4) is 0 Å². The summed E-state index contributed by atoms with van der Waals surface area (Å²) in [5, 5.41) is 0.868. The number of fused-ring (bicyclic) bond motifs is 8. The molecule has 0 aliphatic heterocycles. The van der Waals surface area contributed by atoms with Gasteiger partial charge in [-0.3, -0.25) is 4.79 Å². The Bertz CT molecular complexity index is 1260. The van der Waals surface area contributed by atoms with Crippen LogP contribution < -0.4 is 0 Å². The summed E-state index contributed by atoms with van der Waals surface area (Å²) in [6.45, 7) is 8.69. The smallest absolute Gasteiger partial charge is 0.312 e. The minimum Gasteiger partial charge on any atom is -0.469 e. The minimum atomic E-state index is -0.696. The van der Waals surface area contributed by atoms with Crippen molar-refractivity contribution in [3.63, 3.8) is 0 Å². The topological polar surface area (TPSA) is 42.1 Å². The predicted octanol–water partition coefficient (Wildman–Crippen LogP) is 7.58. The van der Waals surface area contributed by atoms with Crippen molar-refractivity contribution in [1.82, 2.24) is 4.98 Å². The third-order valence-electron chi connectivity index (χ3n) is 8.05. The van der Waals surface area contributed by atoms with E-state index in [4.69, 9.17) is 4.74 Å². The number of benzene rings is 2. The van der Waals surface area contributed by atoms with Crippen LogP contribution >= 0.6 is 15.9 Å². The summed E-state index contributed by atoms with van der Waals surface area (Å²) in [5.41, 5.74) is 5.65. The van der Waals surface area contributed by atoms with Gasteiger partial charge in [0.1, 0.15) is 5.82 Å². The van der Waals surface area contributed by atoms with Crippen molar-refractivity contribution < 1.29 is 13.9 Å². The molecular weight excluding hydrogens is 469 g/mol. The number of halogens is 2. The largest absolute Gasteiger partial charge is 0.469 e. The van der Waals surface area contributed by atoms with Gasteiger partial charge in [-0.2, -0.15) is 0 Å². The third kappa shape index (κ3) is 2.79. The molecule has 0 radical (unpaired) electrons. The van der Waals surface area contributed by atoms with Crippen molar-refractivity contribution in [2.24, 2.45) is 5.41 Å². The van der Waals surface area contributed by atoms with Crippen LogP contribution in [0.15, 0.2) is 34.8 Å². The van der Waals surface area contributed by atoms with Gasteiger partial charge in [0.05, 0.1) is 18.2 Å². The molecule has 0 amide bonds. The molecule has 5 heteroatoms. The first-order chi connectivity index (χ1) is 15.1. The summed E-state index contributed by atoms with van der Waals surface area (Å²) in [7, 11) is 1.47. The molecule has 0 saturated heterocycles. The number of hydrogen-bond donors (Lipinski definition) is 1. The number of aromatic amines is 1. The van der Waals surface area contributed by atoms with Gasteiger partial charge >= 0.3 is 5.97 Å². The number of ether oxygens (including phenoxy) is 1. The van der Waals surface area contributed by atoms with Crippen LogP contribution in [0, 0.1) is 11.2 Å². The summed E-state index contributed by atoms with van der Waals surface area (Å²) in [6, 6.07) is 9.45. The number of aromatic nitrogens is 1. The fourth-order valence-electron chi connectivity index (χ4n) is 6.60. The molecule has 3 nitrogen and oxygen atoms in total. The van der Waals surface area contributed by atoms with E-state index in [2.05, 4.69) is 53.8 Å². The monoisotopic (exact) mass is 497 g/mol. The van der Waals surface area contributed by atoms with Gasteiger partial charge in [-0.15, -0.1) is 0 Å². The van der Waals surface area contributed by atoms with Gasteiger partial charge in [0.2, 0.25) is 0 Å². The first-order valence-corrected chi connectivity index (χ1v) is 12.1. The van der Waals surface area contributed by atoms with Crippen LogP contribution in [0.2, 0.25) is 0 Å². The SMILES string of the molecule is COC(=O)[C@@]1(C)CCC[C@]2(C)c3cc(Br)c(C(C)C)cc3-c3[nH]c4ccc(F)cc4c3[C@H]12. The van der Waals surface area contributed by atoms with Crippen LogP contribution in [0.1, 0.15) is 75.5 Å². The average Bonchev–Trinajstić information content (AvgIpc) is 3.10. The molecule has 0 bridgehead atoms. The summed E-state index contributed by atoms with van der Waals surface area (Å²) < 4.78 is 20.9. The number of esters is 1. The van der Waals surface area contributed by atoms with E-state index < -0.39 is 5.41 Å². The van der Waals surface area contributed by atoms with Crippen molar-refractivity contribution in [3.8, 4) is 11.3 Å². The Hall–Kier alpha value is -2.14. The van der Waals surface area contributed by atoms with E-state index in [9.17, 15) is 9.18 Å². The average molecular weight is 498 g/mol. The van der Waals surface area contributed by atoms with Crippen LogP contribution in [-0.4, -0.2) is 18.1 Å². The van der Waals surface area contributed by atoms with Gasteiger partial charge in [0.15, 0.2) is 0 Å². The third-order valence-corrected chi connectivity index (χ3v) is 8.74. The molecule has 0 unspecified atom stereocenters. The normalized spacial score (nSPS) is 26.6. The second kappa shape index (κ2) is 7.18. The molecular formula is C27H29BrFNO2. The lowest BCUT2D eigenvalue weighted by molar-refractivity contribution is -0.157. The zero-order valence-corrected chi connectivity index (χ0v) is 20.8. The van der Waals surface area contributed by atoms with E-state index in [1.165, 1.54) is 24.3 Å². The van der Waals surface area contributed by atoms with Crippen molar-refractivity contribution >= 4 is 32.8 Å². The highest BCUT2D eigenvalue weighted by atomic mass is 79.9. The Morgan fingerprint density at radius 2 is 1.97 bits per heavy atom. The minimum absolute atomic E-state index is 0.119.